The molecule has 0 atom stereocenters. The third-order valence-corrected chi connectivity index (χ3v) is 4.22. The molecule has 7 heteroatoms. The van der Waals surface area contributed by atoms with Gasteiger partial charge >= 0.3 is 0 Å². The molecule has 1 N–H and O–H groups in total. The number of aryl methyl sites for hydroxylation is 1. The van der Waals surface area contributed by atoms with Gasteiger partial charge in [0.05, 0.1) is 4.88 Å². The lowest BCUT2D eigenvalue weighted by molar-refractivity contribution is 0.0948. The van der Waals surface area contributed by atoms with Crippen LogP contribution in [0.2, 0.25) is 0 Å². The molecule has 24 heavy (non-hydrogen) atoms. The van der Waals surface area contributed by atoms with Gasteiger partial charge in [0.15, 0.2) is 5.69 Å². The summed E-state index contributed by atoms with van der Waals surface area (Å²) in [4.78, 5) is 17.3. The second-order valence-electron chi connectivity index (χ2n) is 5.18. The minimum absolute atomic E-state index is 0.212. The Balaban J connectivity index is 1.63. The summed E-state index contributed by atoms with van der Waals surface area (Å²) in [5, 5.41) is 4.58. The van der Waals surface area contributed by atoms with Crippen LogP contribution in [0.3, 0.4) is 0 Å². The molecule has 1 aromatic carbocycles. The second-order valence-corrected chi connectivity index (χ2v) is 6.13. The van der Waals surface area contributed by atoms with Crippen molar-refractivity contribution in [3.8, 4) is 10.8 Å². The van der Waals surface area contributed by atoms with E-state index in [2.05, 4.69) is 10.3 Å². The van der Waals surface area contributed by atoms with Crippen molar-refractivity contribution in [1.82, 2.24) is 10.3 Å². The molecule has 2 aromatic heterocycles. The molecule has 2 heterocycles. The predicted molar refractivity (Wildman–Crippen MR) is 86.9 cm³/mol. The molecule has 0 unspecified atom stereocenters. The van der Waals surface area contributed by atoms with Gasteiger partial charge in [0.25, 0.3) is 5.91 Å². The van der Waals surface area contributed by atoms with Gasteiger partial charge in [-0.15, -0.1) is 11.3 Å². The first-order valence-electron chi connectivity index (χ1n) is 7.27. The number of carbonyl (C=O) groups excluding carboxylic acids is 1. The highest BCUT2D eigenvalue weighted by Gasteiger charge is 2.18. The van der Waals surface area contributed by atoms with E-state index in [0.717, 1.165) is 10.9 Å². The lowest BCUT2D eigenvalue weighted by atomic mass is 10.1. The number of halogens is 2. The molecule has 0 spiro atoms. The van der Waals surface area contributed by atoms with E-state index < -0.39 is 11.6 Å². The van der Waals surface area contributed by atoms with Gasteiger partial charge in [-0.3, -0.25) is 4.79 Å². The molecule has 3 aromatic rings. The SMILES string of the molecule is Cc1oc(-c2cccs2)nc1C(=O)NCCc1cc(F)cc(F)c1. The van der Waals surface area contributed by atoms with Crippen molar-refractivity contribution in [2.45, 2.75) is 13.3 Å². The number of nitrogens with one attached hydrogen (secondary N) is 1. The zero-order valence-electron chi connectivity index (χ0n) is 12.8. The van der Waals surface area contributed by atoms with Crippen molar-refractivity contribution < 1.29 is 18.0 Å². The highest BCUT2D eigenvalue weighted by Crippen LogP contribution is 2.25. The molecule has 0 saturated heterocycles. The quantitative estimate of drug-likeness (QED) is 0.759. The standard InChI is InChI=1S/C17H14F2N2O2S/c1-10-15(21-17(23-10)14-3-2-6-24-14)16(22)20-5-4-11-7-12(18)9-13(19)8-11/h2-3,6-9H,4-5H2,1H3,(H,20,22). The van der Waals surface area contributed by atoms with E-state index in [1.54, 1.807) is 6.92 Å². The Kier molecular flexibility index (Phi) is 4.71. The highest BCUT2D eigenvalue weighted by atomic mass is 32.1. The van der Waals surface area contributed by atoms with Crippen LogP contribution in [-0.2, 0) is 6.42 Å². The molecule has 4 nitrogen and oxygen atoms in total. The minimum atomic E-state index is -0.635. The Morgan fingerprint density at radius 3 is 2.71 bits per heavy atom. The van der Waals surface area contributed by atoms with Crippen LogP contribution in [-0.4, -0.2) is 17.4 Å². The molecule has 0 bridgehead atoms. The Bertz CT molecular complexity index is 839. The summed E-state index contributed by atoms with van der Waals surface area (Å²) >= 11 is 1.47. The van der Waals surface area contributed by atoms with Crippen LogP contribution in [0, 0.1) is 18.6 Å². The fourth-order valence-electron chi connectivity index (χ4n) is 2.27. The Morgan fingerprint density at radius 2 is 2.04 bits per heavy atom. The zero-order valence-corrected chi connectivity index (χ0v) is 13.6. The van der Waals surface area contributed by atoms with Gasteiger partial charge in [-0.05, 0) is 42.5 Å². The lowest BCUT2D eigenvalue weighted by Crippen LogP contribution is -2.26. The van der Waals surface area contributed by atoms with Crippen molar-refractivity contribution >= 4 is 17.2 Å². The first kappa shape index (κ1) is 16.3. The smallest absolute Gasteiger partial charge is 0.273 e. The minimum Gasteiger partial charge on any atom is -0.440 e. The molecular formula is C17H14F2N2O2S. The van der Waals surface area contributed by atoms with Gasteiger partial charge in [0.2, 0.25) is 5.89 Å². The monoisotopic (exact) mass is 348 g/mol. The summed E-state index contributed by atoms with van der Waals surface area (Å²) in [5.74, 6) is -0.822. The van der Waals surface area contributed by atoms with E-state index >= 15 is 0 Å². The lowest BCUT2D eigenvalue weighted by Gasteiger charge is -2.04. The molecule has 0 radical (unpaired) electrons. The Morgan fingerprint density at radius 1 is 1.29 bits per heavy atom. The fraction of sp³-hybridized carbons (Fsp3) is 0.176. The summed E-state index contributed by atoms with van der Waals surface area (Å²) in [6, 6.07) is 7.03. The summed E-state index contributed by atoms with van der Waals surface area (Å²) in [6.07, 6.45) is 0.315. The van der Waals surface area contributed by atoms with Crippen LogP contribution >= 0.6 is 11.3 Å². The maximum Gasteiger partial charge on any atom is 0.273 e. The summed E-state index contributed by atoms with van der Waals surface area (Å²) in [6.45, 7) is 1.91. The number of aromatic nitrogens is 1. The molecular weight excluding hydrogens is 334 g/mol. The Labute approximate surface area is 141 Å². The normalized spacial score (nSPS) is 10.8. The largest absolute Gasteiger partial charge is 0.440 e. The number of thiophene rings is 1. The first-order chi connectivity index (χ1) is 11.5. The molecule has 0 aliphatic carbocycles. The van der Waals surface area contributed by atoms with Gasteiger partial charge in [-0.25, -0.2) is 13.8 Å². The molecule has 124 valence electrons. The Hall–Kier alpha value is -2.54. The van der Waals surface area contributed by atoms with E-state index in [4.69, 9.17) is 4.42 Å². The van der Waals surface area contributed by atoms with Crippen molar-refractivity contribution in [2.24, 2.45) is 0 Å². The highest BCUT2D eigenvalue weighted by molar-refractivity contribution is 7.13. The summed E-state index contributed by atoms with van der Waals surface area (Å²) in [7, 11) is 0. The van der Waals surface area contributed by atoms with Gasteiger partial charge < -0.3 is 9.73 Å². The molecule has 0 aliphatic rings. The maximum atomic E-state index is 13.1. The number of rotatable bonds is 5. The average molecular weight is 348 g/mol. The molecule has 3 rings (SSSR count). The number of nitrogens with zero attached hydrogens (tertiary/aromatic N) is 1. The van der Waals surface area contributed by atoms with Crippen molar-refractivity contribution in [3.63, 3.8) is 0 Å². The van der Waals surface area contributed by atoms with E-state index in [1.807, 2.05) is 17.5 Å². The van der Waals surface area contributed by atoms with Crippen molar-refractivity contribution in [3.05, 3.63) is 64.4 Å². The van der Waals surface area contributed by atoms with Crippen molar-refractivity contribution in [2.75, 3.05) is 6.54 Å². The number of oxazole rings is 1. The van der Waals surface area contributed by atoms with Crippen molar-refractivity contribution in [1.29, 1.82) is 0 Å². The molecule has 1 amide bonds. The van der Waals surface area contributed by atoms with Gasteiger partial charge in [-0.2, -0.15) is 0 Å². The fourth-order valence-corrected chi connectivity index (χ4v) is 2.92. The first-order valence-corrected chi connectivity index (χ1v) is 8.15. The topological polar surface area (TPSA) is 55.1 Å². The van der Waals surface area contributed by atoms with E-state index in [0.29, 0.717) is 23.6 Å². The van der Waals surface area contributed by atoms with Crippen LogP contribution in [0.15, 0.2) is 40.1 Å². The van der Waals surface area contributed by atoms with Crippen LogP contribution in [0.4, 0.5) is 8.78 Å². The molecule has 0 saturated carbocycles. The zero-order chi connectivity index (χ0) is 17.1. The van der Waals surface area contributed by atoms with E-state index in [1.165, 1.54) is 23.5 Å². The number of carbonyl (C=O) groups is 1. The van der Waals surface area contributed by atoms with Gasteiger partial charge in [-0.1, -0.05) is 6.07 Å². The predicted octanol–water partition coefficient (Wildman–Crippen LogP) is 3.96. The summed E-state index contributed by atoms with van der Waals surface area (Å²) < 4.78 is 31.8. The maximum absolute atomic E-state index is 13.1. The van der Waals surface area contributed by atoms with E-state index in [-0.39, 0.29) is 18.1 Å². The second kappa shape index (κ2) is 6.92. The third kappa shape index (κ3) is 3.68. The number of hydrogen-bond donors (Lipinski definition) is 1. The van der Waals surface area contributed by atoms with Gasteiger partial charge in [0.1, 0.15) is 17.4 Å². The molecule has 0 aliphatic heterocycles. The number of benzene rings is 1. The number of hydrogen-bond acceptors (Lipinski definition) is 4. The van der Waals surface area contributed by atoms with Gasteiger partial charge in [0, 0.05) is 12.6 Å². The van der Waals surface area contributed by atoms with Crippen LogP contribution in [0.25, 0.3) is 10.8 Å². The van der Waals surface area contributed by atoms with Crippen LogP contribution < -0.4 is 5.32 Å². The average Bonchev–Trinajstić information content (AvgIpc) is 3.15. The van der Waals surface area contributed by atoms with E-state index in [9.17, 15) is 13.6 Å². The third-order valence-electron chi connectivity index (χ3n) is 3.37. The van der Waals surface area contributed by atoms with Crippen LogP contribution in [0.1, 0.15) is 21.8 Å². The summed E-state index contributed by atoms with van der Waals surface area (Å²) in [5.41, 5.74) is 0.688. The van der Waals surface area contributed by atoms with Crippen LogP contribution in [0.5, 0.6) is 0 Å². The number of amides is 1. The molecule has 0 fully saturated rings.